The molecule has 0 saturated heterocycles. The van der Waals surface area contributed by atoms with Crippen molar-refractivity contribution in [2.24, 2.45) is 0 Å². The second kappa shape index (κ2) is 6.54. The number of halogens is 2. The highest BCUT2D eigenvalue weighted by atomic mass is 79.9. The maximum absolute atomic E-state index is 12.5. The van der Waals surface area contributed by atoms with E-state index in [1.54, 1.807) is 18.2 Å². The number of aryl methyl sites for hydroxylation is 1. The zero-order valence-corrected chi connectivity index (χ0v) is 14.5. The van der Waals surface area contributed by atoms with E-state index < -0.39 is 0 Å². The Labute approximate surface area is 137 Å². The van der Waals surface area contributed by atoms with Crippen molar-refractivity contribution in [1.82, 2.24) is 4.57 Å². The number of nitrogens with one attached hydrogen (secondary N) is 1. The molecule has 2 aromatic rings. The van der Waals surface area contributed by atoms with Gasteiger partial charge in [-0.1, -0.05) is 11.6 Å². The number of nitrogens with zero attached hydrogens (tertiary/aromatic N) is 2. The molecule has 21 heavy (non-hydrogen) atoms. The summed E-state index contributed by atoms with van der Waals surface area (Å²) in [6, 6.07) is 7.24. The Morgan fingerprint density at radius 2 is 2.10 bits per heavy atom. The molecule has 2 rings (SSSR count). The second-order valence-corrected chi connectivity index (χ2v) is 6.19. The molecule has 112 valence electrons. The van der Waals surface area contributed by atoms with Crippen molar-refractivity contribution >= 4 is 44.8 Å². The highest BCUT2D eigenvalue weighted by molar-refractivity contribution is 9.10. The van der Waals surface area contributed by atoms with Crippen LogP contribution in [-0.4, -0.2) is 24.6 Å². The fourth-order valence-electron chi connectivity index (χ4n) is 2.11. The summed E-state index contributed by atoms with van der Waals surface area (Å²) in [7, 11) is 3.84. The summed E-state index contributed by atoms with van der Waals surface area (Å²) in [5, 5.41) is 3.52. The number of aromatic nitrogens is 1. The first-order valence-corrected chi connectivity index (χ1v) is 7.73. The molecule has 0 unspecified atom stereocenters. The maximum Gasteiger partial charge on any atom is 0.272 e. The first-order valence-electron chi connectivity index (χ1n) is 6.56. The molecule has 0 fully saturated rings. The lowest BCUT2D eigenvalue weighted by molar-refractivity contribution is 0.101. The molecule has 0 aliphatic rings. The molecule has 0 bridgehead atoms. The van der Waals surface area contributed by atoms with E-state index in [9.17, 15) is 4.79 Å². The zero-order chi connectivity index (χ0) is 15.6. The van der Waals surface area contributed by atoms with Crippen LogP contribution < -0.4 is 10.2 Å². The molecule has 0 saturated carbocycles. The fourth-order valence-corrected chi connectivity index (χ4v) is 2.75. The number of benzene rings is 1. The summed E-state index contributed by atoms with van der Waals surface area (Å²) in [5.74, 6) is -0.159. The SMILES string of the molecule is CCn1cc(Br)cc1C(=O)Nc1cc(Cl)ccc1N(C)C. The number of carbonyl (C=O) groups excluding carboxylic acids is 1. The van der Waals surface area contributed by atoms with Gasteiger partial charge < -0.3 is 14.8 Å². The van der Waals surface area contributed by atoms with Gasteiger partial charge in [-0.15, -0.1) is 0 Å². The predicted molar refractivity (Wildman–Crippen MR) is 91.5 cm³/mol. The van der Waals surface area contributed by atoms with Gasteiger partial charge in [0, 0.05) is 36.3 Å². The summed E-state index contributed by atoms with van der Waals surface area (Å²) in [6.07, 6.45) is 1.89. The number of amides is 1. The molecular formula is C15H17BrClN3O. The molecule has 6 heteroatoms. The van der Waals surface area contributed by atoms with Crippen LogP contribution in [0.4, 0.5) is 11.4 Å². The van der Waals surface area contributed by atoms with Crippen molar-refractivity contribution in [3.63, 3.8) is 0 Å². The topological polar surface area (TPSA) is 37.3 Å². The van der Waals surface area contributed by atoms with Gasteiger partial charge in [-0.3, -0.25) is 4.79 Å². The van der Waals surface area contributed by atoms with Crippen molar-refractivity contribution in [3.05, 3.63) is 45.7 Å². The van der Waals surface area contributed by atoms with E-state index in [0.717, 1.165) is 16.7 Å². The van der Waals surface area contributed by atoms with Crippen molar-refractivity contribution in [3.8, 4) is 0 Å². The van der Waals surface area contributed by atoms with Crippen LogP contribution in [0, 0.1) is 0 Å². The molecule has 1 aromatic carbocycles. The van der Waals surface area contributed by atoms with Crippen LogP contribution in [0.5, 0.6) is 0 Å². The number of carbonyl (C=O) groups is 1. The second-order valence-electron chi connectivity index (χ2n) is 4.84. The Hall–Kier alpha value is -1.46. The fraction of sp³-hybridized carbons (Fsp3) is 0.267. The van der Waals surface area contributed by atoms with Gasteiger partial charge in [0.15, 0.2) is 0 Å². The van der Waals surface area contributed by atoms with Crippen LogP contribution in [0.15, 0.2) is 34.9 Å². The third-order valence-electron chi connectivity index (χ3n) is 3.13. The van der Waals surface area contributed by atoms with E-state index in [1.807, 2.05) is 42.7 Å². The normalized spacial score (nSPS) is 10.5. The number of hydrogen-bond acceptors (Lipinski definition) is 2. The largest absolute Gasteiger partial charge is 0.376 e. The first-order chi connectivity index (χ1) is 9.92. The Kier molecular flexibility index (Phi) is 4.96. The van der Waals surface area contributed by atoms with Gasteiger partial charge in [0.05, 0.1) is 11.4 Å². The summed E-state index contributed by atoms with van der Waals surface area (Å²) in [6.45, 7) is 2.72. The van der Waals surface area contributed by atoms with Crippen LogP contribution in [-0.2, 0) is 6.54 Å². The third-order valence-corrected chi connectivity index (χ3v) is 3.79. The van der Waals surface area contributed by atoms with Crippen molar-refractivity contribution in [2.75, 3.05) is 24.3 Å². The maximum atomic E-state index is 12.5. The summed E-state index contributed by atoms with van der Waals surface area (Å²) < 4.78 is 2.77. The molecule has 0 atom stereocenters. The molecule has 1 amide bonds. The lowest BCUT2D eigenvalue weighted by Gasteiger charge is -2.18. The molecule has 0 radical (unpaired) electrons. The minimum Gasteiger partial charge on any atom is -0.376 e. The lowest BCUT2D eigenvalue weighted by Crippen LogP contribution is -2.19. The van der Waals surface area contributed by atoms with Gasteiger partial charge in [-0.25, -0.2) is 0 Å². The lowest BCUT2D eigenvalue weighted by atomic mass is 10.2. The van der Waals surface area contributed by atoms with Gasteiger partial charge in [0.25, 0.3) is 5.91 Å². The molecule has 4 nitrogen and oxygen atoms in total. The number of hydrogen-bond donors (Lipinski definition) is 1. The number of anilines is 2. The summed E-state index contributed by atoms with van der Waals surface area (Å²) >= 11 is 9.43. The summed E-state index contributed by atoms with van der Waals surface area (Å²) in [4.78, 5) is 14.4. The van der Waals surface area contributed by atoms with Crippen molar-refractivity contribution < 1.29 is 4.79 Å². The summed E-state index contributed by atoms with van der Waals surface area (Å²) in [5.41, 5.74) is 2.20. The third kappa shape index (κ3) is 3.60. The van der Waals surface area contributed by atoms with Crippen LogP contribution in [0.1, 0.15) is 17.4 Å². The van der Waals surface area contributed by atoms with E-state index in [4.69, 9.17) is 11.6 Å². The Bertz CT molecular complexity index is 667. The van der Waals surface area contributed by atoms with Crippen LogP contribution in [0.2, 0.25) is 5.02 Å². The Morgan fingerprint density at radius 3 is 2.71 bits per heavy atom. The highest BCUT2D eigenvalue weighted by Crippen LogP contribution is 2.28. The van der Waals surface area contributed by atoms with E-state index >= 15 is 0 Å². The average Bonchev–Trinajstić information content (AvgIpc) is 2.79. The molecule has 0 aliphatic heterocycles. The average molecular weight is 371 g/mol. The van der Waals surface area contributed by atoms with E-state index in [2.05, 4.69) is 21.2 Å². The van der Waals surface area contributed by atoms with Crippen LogP contribution in [0.25, 0.3) is 0 Å². The van der Waals surface area contributed by atoms with Crippen molar-refractivity contribution in [1.29, 1.82) is 0 Å². The zero-order valence-electron chi connectivity index (χ0n) is 12.2. The molecule has 1 heterocycles. The quantitative estimate of drug-likeness (QED) is 0.874. The van der Waals surface area contributed by atoms with Gasteiger partial charge in [-0.2, -0.15) is 0 Å². The Balaban J connectivity index is 2.33. The number of rotatable bonds is 4. The minimum absolute atomic E-state index is 0.159. The first kappa shape index (κ1) is 15.9. The van der Waals surface area contributed by atoms with Gasteiger partial charge >= 0.3 is 0 Å². The molecule has 1 aromatic heterocycles. The smallest absolute Gasteiger partial charge is 0.272 e. The van der Waals surface area contributed by atoms with Crippen LogP contribution in [0.3, 0.4) is 0 Å². The van der Waals surface area contributed by atoms with Gasteiger partial charge in [0.2, 0.25) is 0 Å². The molecule has 0 spiro atoms. The predicted octanol–water partition coefficient (Wildman–Crippen LogP) is 4.24. The van der Waals surface area contributed by atoms with Gasteiger partial charge in [0.1, 0.15) is 5.69 Å². The van der Waals surface area contributed by atoms with Crippen molar-refractivity contribution in [2.45, 2.75) is 13.5 Å². The minimum atomic E-state index is -0.159. The molecule has 1 N–H and O–H groups in total. The van der Waals surface area contributed by atoms with E-state index in [1.165, 1.54) is 0 Å². The highest BCUT2D eigenvalue weighted by Gasteiger charge is 2.15. The van der Waals surface area contributed by atoms with Gasteiger partial charge in [-0.05, 0) is 47.1 Å². The molecule has 0 aliphatic carbocycles. The van der Waals surface area contributed by atoms with E-state index in [-0.39, 0.29) is 5.91 Å². The van der Waals surface area contributed by atoms with E-state index in [0.29, 0.717) is 16.4 Å². The molecular weight excluding hydrogens is 354 g/mol. The standard InChI is InChI=1S/C15H17BrClN3O/c1-4-20-9-10(16)7-14(20)15(21)18-12-8-11(17)5-6-13(12)19(2)3/h5-9H,4H2,1-3H3,(H,18,21). The van der Waals surface area contributed by atoms with Crippen LogP contribution >= 0.6 is 27.5 Å². The monoisotopic (exact) mass is 369 g/mol. The Morgan fingerprint density at radius 1 is 1.38 bits per heavy atom.